The first-order valence-corrected chi connectivity index (χ1v) is 11.0. The fourth-order valence-corrected chi connectivity index (χ4v) is 3.63. The molecule has 0 bridgehead atoms. The molecule has 0 saturated carbocycles. The van der Waals surface area contributed by atoms with Gasteiger partial charge in [0.15, 0.2) is 5.82 Å². The van der Waals surface area contributed by atoms with Gasteiger partial charge in [-0.3, -0.25) is 4.79 Å². The van der Waals surface area contributed by atoms with E-state index >= 15 is 0 Å². The maximum absolute atomic E-state index is 13.0. The fourth-order valence-electron chi connectivity index (χ4n) is 3.63. The summed E-state index contributed by atoms with van der Waals surface area (Å²) in [6.45, 7) is 1.99. The van der Waals surface area contributed by atoms with E-state index in [-0.39, 0.29) is 17.8 Å². The lowest BCUT2D eigenvalue weighted by atomic mass is 10.1. The lowest BCUT2D eigenvalue weighted by molar-refractivity contribution is 0.0724. The zero-order valence-corrected chi connectivity index (χ0v) is 18.5. The summed E-state index contributed by atoms with van der Waals surface area (Å²) < 4.78 is 18.3. The molecular weight excluding hydrogens is 425 g/mol. The van der Waals surface area contributed by atoms with Crippen LogP contribution >= 0.6 is 0 Å². The minimum atomic E-state index is -0.363. The first kappa shape index (κ1) is 22.4. The average molecular weight is 452 g/mol. The molecule has 4 rings (SSSR count). The standard InChI is InChI=1S/C24H26FN5O3/c1-29(24(32)26-20-11-9-19(25)10-12-20)16-13-21-27-22(33-28-21)17-5-7-18(8-6-17)23(31)30-14-3-2-4-15-30/h5-12H,2-4,13-16H2,1H3,(H,26,32). The highest BCUT2D eigenvalue weighted by molar-refractivity contribution is 5.94. The van der Waals surface area contributed by atoms with E-state index in [0.717, 1.165) is 31.5 Å². The monoisotopic (exact) mass is 451 g/mol. The number of rotatable bonds is 6. The maximum Gasteiger partial charge on any atom is 0.321 e. The summed E-state index contributed by atoms with van der Waals surface area (Å²) >= 11 is 0. The van der Waals surface area contributed by atoms with Crippen molar-refractivity contribution in [2.24, 2.45) is 0 Å². The van der Waals surface area contributed by atoms with Gasteiger partial charge in [-0.25, -0.2) is 9.18 Å². The van der Waals surface area contributed by atoms with E-state index in [2.05, 4.69) is 15.5 Å². The van der Waals surface area contributed by atoms with Crippen LogP contribution < -0.4 is 5.32 Å². The predicted molar refractivity (Wildman–Crippen MR) is 121 cm³/mol. The van der Waals surface area contributed by atoms with E-state index < -0.39 is 0 Å². The van der Waals surface area contributed by atoms with Crippen LogP contribution in [0.4, 0.5) is 14.9 Å². The Balaban J connectivity index is 1.30. The molecule has 1 aromatic heterocycles. The van der Waals surface area contributed by atoms with Gasteiger partial charge in [-0.2, -0.15) is 4.98 Å². The first-order chi connectivity index (χ1) is 16.0. The van der Waals surface area contributed by atoms with Crippen molar-refractivity contribution < 1.29 is 18.5 Å². The van der Waals surface area contributed by atoms with Crippen LogP contribution in [0.15, 0.2) is 53.1 Å². The molecule has 1 N–H and O–H groups in total. The second-order valence-corrected chi connectivity index (χ2v) is 8.05. The van der Waals surface area contributed by atoms with Gasteiger partial charge in [0.1, 0.15) is 5.82 Å². The molecule has 33 heavy (non-hydrogen) atoms. The molecule has 1 aliphatic rings. The summed E-state index contributed by atoms with van der Waals surface area (Å²) in [5.41, 5.74) is 1.89. The van der Waals surface area contributed by atoms with Crippen molar-refractivity contribution in [2.45, 2.75) is 25.7 Å². The maximum atomic E-state index is 13.0. The van der Waals surface area contributed by atoms with Crippen molar-refractivity contribution in [2.75, 3.05) is 32.0 Å². The molecule has 0 unspecified atom stereocenters. The Morgan fingerprint density at radius 3 is 2.45 bits per heavy atom. The molecule has 2 aromatic carbocycles. The number of aromatic nitrogens is 2. The lowest BCUT2D eigenvalue weighted by Crippen LogP contribution is -2.35. The molecule has 0 aliphatic carbocycles. The third-order valence-electron chi connectivity index (χ3n) is 5.60. The topological polar surface area (TPSA) is 91.6 Å². The normalized spacial score (nSPS) is 13.6. The number of nitrogens with zero attached hydrogens (tertiary/aromatic N) is 4. The molecule has 0 spiro atoms. The third kappa shape index (κ3) is 5.74. The summed E-state index contributed by atoms with van der Waals surface area (Å²) in [6.07, 6.45) is 3.69. The number of amides is 3. The zero-order chi connectivity index (χ0) is 23.2. The van der Waals surface area contributed by atoms with Crippen LogP contribution in [0, 0.1) is 5.82 Å². The van der Waals surface area contributed by atoms with Gasteiger partial charge in [0.05, 0.1) is 0 Å². The number of carbonyl (C=O) groups is 2. The third-order valence-corrected chi connectivity index (χ3v) is 5.60. The number of benzene rings is 2. The zero-order valence-electron chi connectivity index (χ0n) is 18.5. The number of hydrogen-bond acceptors (Lipinski definition) is 5. The minimum absolute atomic E-state index is 0.0504. The highest BCUT2D eigenvalue weighted by Gasteiger charge is 2.19. The predicted octanol–water partition coefficient (Wildman–Crippen LogP) is 4.21. The summed E-state index contributed by atoms with van der Waals surface area (Å²) in [5.74, 6) is 0.521. The number of piperidine rings is 1. The summed E-state index contributed by atoms with van der Waals surface area (Å²) in [5, 5.41) is 6.69. The second-order valence-electron chi connectivity index (χ2n) is 8.05. The van der Waals surface area contributed by atoms with E-state index in [0.29, 0.717) is 35.9 Å². The lowest BCUT2D eigenvalue weighted by Gasteiger charge is -2.26. The number of likely N-dealkylation sites (N-methyl/N-ethyl adjacent to an activating group) is 1. The molecule has 9 heteroatoms. The Morgan fingerprint density at radius 2 is 1.76 bits per heavy atom. The Labute approximate surface area is 191 Å². The van der Waals surface area contributed by atoms with Gasteiger partial charge in [-0.1, -0.05) is 5.16 Å². The van der Waals surface area contributed by atoms with E-state index in [1.807, 2.05) is 4.90 Å². The van der Waals surface area contributed by atoms with Crippen LogP contribution in [-0.4, -0.2) is 58.6 Å². The van der Waals surface area contributed by atoms with Gasteiger partial charge >= 0.3 is 6.03 Å². The highest BCUT2D eigenvalue weighted by atomic mass is 19.1. The van der Waals surface area contributed by atoms with Gasteiger partial charge < -0.3 is 19.6 Å². The molecule has 172 valence electrons. The molecule has 0 radical (unpaired) electrons. The smallest absolute Gasteiger partial charge is 0.321 e. The Hall–Kier alpha value is -3.75. The van der Waals surface area contributed by atoms with E-state index in [1.54, 1.807) is 31.3 Å². The van der Waals surface area contributed by atoms with Crippen molar-refractivity contribution in [1.82, 2.24) is 19.9 Å². The van der Waals surface area contributed by atoms with Crippen molar-refractivity contribution in [1.29, 1.82) is 0 Å². The Morgan fingerprint density at radius 1 is 1.06 bits per heavy atom. The summed E-state index contributed by atoms with van der Waals surface area (Å²) in [7, 11) is 1.65. The van der Waals surface area contributed by atoms with Crippen molar-refractivity contribution in [3.05, 3.63) is 65.7 Å². The van der Waals surface area contributed by atoms with Gasteiger partial charge in [0, 0.05) is 49.9 Å². The number of likely N-dealkylation sites (tertiary alicyclic amines) is 1. The summed E-state index contributed by atoms with van der Waals surface area (Å²) in [6, 6.07) is 12.4. The SMILES string of the molecule is CN(CCc1noc(-c2ccc(C(=O)N3CCCCC3)cc2)n1)C(=O)Nc1ccc(F)cc1. The second kappa shape index (κ2) is 10.2. The number of urea groups is 1. The molecule has 1 saturated heterocycles. The summed E-state index contributed by atoms with van der Waals surface area (Å²) in [4.78, 5) is 32.7. The Kier molecular flexibility index (Phi) is 6.97. The van der Waals surface area contributed by atoms with Crippen LogP contribution in [0.25, 0.3) is 11.5 Å². The molecule has 3 amide bonds. The number of nitrogens with one attached hydrogen (secondary N) is 1. The van der Waals surface area contributed by atoms with Gasteiger partial charge in [0.25, 0.3) is 11.8 Å². The van der Waals surface area contributed by atoms with Crippen LogP contribution in [0.2, 0.25) is 0 Å². The average Bonchev–Trinajstić information content (AvgIpc) is 3.33. The van der Waals surface area contributed by atoms with Crippen LogP contribution in [-0.2, 0) is 6.42 Å². The molecule has 1 fully saturated rings. The number of carbonyl (C=O) groups excluding carboxylic acids is 2. The van der Waals surface area contributed by atoms with Crippen LogP contribution in [0.3, 0.4) is 0 Å². The Bertz CT molecular complexity index is 1090. The van der Waals surface area contributed by atoms with Gasteiger partial charge in [-0.15, -0.1) is 0 Å². The van der Waals surface area contributed by atoms with Gasteiger partial charge in [-0.05, 0) is 67.8 Å². The van der Waals surface area contributed by atoms with Crippen molar-refractivity contribution >= 4 is 17.6 Å². The largest absolute Gasteiger partial charge is 0.339 e. The number of anilines is 1. The molecule has 2 heterocycles. The van der Waals surface area contributed by atoms with Crippen molar-refractivity contribution in [3.63, 3.8) is 0 Å². The number of halogens is 1. The molecular formula is C24H26FN5O3. The quantitative estimate of drug-likeness (QED) is 0.606. The first-order valence-electron chi connectivity index (χ1n) is 11.0. The number of hydrogen-bond donors (Lipinski definition) is 1. The van der Waals surface area contributed by atoms with Gasteiger partial charge in [0.2, 0.25) is 0 Å². The molecule has 3 aromatic rings. The fraction of sp³-hybridized carbons (Fsp3) is 0.333. The van der Waals surface area contributed by atoms with E-state index in [1.165, 1.54) is 35.6 Å². The van der Waals surface area contributed by atoms with Crippen molar-refractivity contribution in [3.8, 4) is 11.5 Å². The molecule has 1 aliphatic heterocycles. The minimum Gasteiger partial charge on any atom is -0.339 e. The van der Waals surface area contributed by atoms with Crippen LogP contribution in [0.5, 0.6) is 0 Å². The van der Waals surface area contributed by atoms with Crippen LogP contribution in [0.1, 0.15) is 35.4 Å². The van der Waals surface area contributed by atoms with E-state index in [9.17, 15) is 14.0 Å². The van der Waals surface area contributed by atoms with E-state index in [4.69, 9.17) is 4.52 Å². The molecule has 0 atom stereocenters. The highest BCUT2D eigenvalue weighted by Crippen LogP contribution is 2.20. The molecule has 8 nitrogen and oxygen atoms in total.